The Morgan fingerprint density at radius 1 is 1.22 bits per heavy atom. The van der Waals surface area contributed by atoms with Gasteiger partial charge in [0.1, 0.15) is 5.54 Å². The van der Waals surface area contributed by atoms with Crippen molar-refractivity contribution in [3.63, 3.8) is 0 Å². The maximum absolute atomic E-state index is 12.9. The van der Waals surface area contributed by atoms with E-state index in [1.165, 1.54) is 25.1 Å². The molecule has 1 aliphatic carbocycles. The van der Waals surface area contributed by atoms with Gasteiger partial charge in [0.15, 0.2) is 17.3 Å². The number of ether oxygens (including phenoxy) is 2. The van der Waals surface area contributed by atoms with Gasteiger partial charge < -0.3 is 19.3 Å². The molecule has 10 nitrogen and oxygen atoms in total. The minimum Gasteiger partial charge on any atom is -0.493 e. The van der Waals surface area contributed by atoms with Crippen LogP contribution in [0.15, 0.2) is 27.8 Å². The number of benzene rings is 1. The summed E-state index contributed by atoms with van der Waals surface area (Å²) in [5, 5.41) is 7.60. The van der Waals surface area contributed by atoms with Crippen LogP contribution in [0.3, 0.4) is 0 Å². The second-order valence-electron chi connectivity index (χ2n) is 8.05. The van der Waals surface area contributed by atoms with Gasteiger partial charge in [-0.2, -0.15) is 4.98 Å². The Bertz CT molecular complexity index is 1180. The molecule has 4 rings (SSSR count). The van der Waals surface area contributed by atoms with E-state index in [0.717, 1.165) is 25.7 Å². The molecular formula is C22H27N5O5. The van der Waals surface area contributed by atoms with Gasteiger partial charge in [-0.15, -0.1) is 0 Å². The Balaban J connectivity index is 1.43. The summed E-state index contributed by atoms with van der Waals surface area (Å²) in [5.41, 5.74) is -0.225. The standard InChI is InChI=1S/C22H27N5O5/c1-14-24-21(26-32-14)22(8-4-5-9-22)25-19(28)7-6-10-27-13-23-16-12-18(31-3)17(30-2)11-15(16)20(27)29/h11-13H,4-10H2,1-3H3,(H,25,28). The van der Waals surface area contributed by atoms with Crippen LogP contribution in [0.1, 0.15) is 50.2 Å². The van der Waals surface area contributed by atoms with E-state index in [1.54, 1.807) is 19.1 Å². The van der Waals surface area contributed by atoms with Crippen molar-refractivity contribution >= 4 is 16.8 Å². The van der Waals surface area contributed by atoms with Crippen LogP contribution in [0.2, 0.25) is 0 Å². The predicted octanol–water partition coefficient (Wildman–Crippen LogP) is 2.47. The number of nitrogens with zero attached hydrogens (tertiary/aromatic N) is 4. The lowest BCUT2D eigenvalue weighted by Gasteiger charge is -2.26. The summed E-state index contributed by atoms with van der Waals surface area (Å²) >= 11 is 0. The molecule has 2 heterocycles. The molecule has 0 unspecified atom stereocenters. The molecule has 0 aliphatic heterocycles. The molecule has 1 fully saturated rings. The zero-order valence-corrected chi connectivity index (χ0v) is 18.5. The highest BCUT2D eigenvalue weighted by atomic mass is 16.5. The summed E-state index contributed by atoms with van der Waals surface area (Å²) in [6.07, 6.45) is 5.84. The third-order valence-electron chi connectivity index (χ3n) is 5.92. The maximum Gasteiger partial charge on any atom is 0.261 e. The van der Waals surface area contributed by atoms with Crippen molar-refractivity contribution in [2.45, 2.75) is 57.5 Å². The number of aryl methyl sites for hydroxylation is 2. The zero-order valence-electron chi connectivity index (χ0n) is 18.5. The minimum absolute atomic E-state index is 0.0949. The van der Waals surface area contributed by atoms with Crippen molar-refractivity contribution in [3.8, 4) is 11.5 Å². The first-order valence-corrected chi connectivity index (χ1v) is 10.7. The van der Waals surface area contributed by atoms with Crippen molar-refractivity contribution in [3.05, 3.63) is 40.5 Å². The smallest absolute Gasteiger partial charge is 0.261 e. The number of carbonyl (C=O) groups is 1. The number of hydrogen-bond donors (Lipinski definition) is 1. The van der Waals surface area contributed by atoms with E-state index in [4.69, 9.17) is 14.0 Å². The van der Waals surface area contributed by atoms with Crippen molar-refractivity contribution in [2.24, 2.45) is 0 Å². The van der Waals surface area contributed by atoms with E-state index in [2.05, 4.69) is 20.4 Å². The Morgan fingerprint density at radius 3 is 2.59 bits per heavy atom. The summed E-state index contributed by atoms with van der Waals surface area (Å²) in [5.74, 6) is 1.91. The van der Waals surface area contributed by atoms with E-state index < -0.39 is 5.54 Å². The van der Waals surface area contributed by atoms with Crippen molar-refractivity contribution < 1.29 is 18.8 Å². The fourth-order valence-electron chi connectivity index (χ4n) is 4.26. The van der Waals surface area contributed by atoms with Gasteiger partial charge in [0.25, 0.3) is 5.56 Å². The number of hydrogen-bond acceptors (Lipinski definition) is 8. The molecule has 2 aromatic heterocycles. The van der Waals surface area contributed by atoms with Crippen molar-refractivity contribution in [1.29, 1.82) is 0 Å². The first-order valence-electron chi connectivity index (χ1n) is 10.7. The Morgan fingerprint density at radius 2 is 1.94 bits per heavy atom. The topological polar surface area (TPSA) is 121 Å². The second-order valence-corrected chi connectivity index (χ2v) is 8.05. The van der Waals surface area contributed by atoms with E-state index in [0.29, 0.717) is 47.1 Å². The predicted molar refractivity (Wildman–Crippen MR) is 116 cm³/mol. The lowest BCUT2D eigenvalue weighted by atomic mass is 9.96. The molecule has 170 valence electrons. The number of rotatable bonds is 8. The van der Waals surface area contributed by atoms with E-state index in [1.807, 2.05) is 0 Å². The number of carbonyl (C=O) groups excluding carboxylic acids is 1. The van der Waals surface area contributed by atoms with Gasteiger partial charge in [-0.25, -0.2) is 4.98 Å². The van der Waals surface area contributed by atoms with Gasteiger partial charge in [-0.1, -0.05) is 18.0 Å². The van der Waals surface area contributed by atoms with Gasteiger partial charge in [-0.05, 0) is 25.3 Å². The summed E-state index contributed by atoms with van der Waals surface area (Å²) in [4.78, 5) is 34.3. The fourth-order valence-corrected chi connectivity index (χ4v) is 4.26. The molecule has 1 N–H and O–H groups in total. The first kappa shape index (κ1) is 21.8. The van der Waals surface area contributed by atoms with Gasteiger partial charge in [-0.3, -0.25) is 14.2 Å². The maximum atomic E-state index is 12.9. The third-order valence-corrected chi connectivity index (χ3v) is 5.92. The second kappa shape index (κ2) is 8.97. The molecule has 10 heteroatoms. The molecule has 1 aromatic carbocycles. The summed E-state index contributed by atoms with van der Waals surface area (Å²) in [6.45, 7) is 2.11. The van der Waals surface area contributed by atoms with Crippen LogP contribution in [-0.4, -0.2) is 39.8 Å². The number of amides is 1. The summed E-state index contributed by atoms with van der Waals surface area (Å²) in [7, 11) is 3.05. The Hall–Kier alpha value is -3.43. The van der Waals surface area contributed by atoms with Crippen LogP contribution in [0.5, 0.6) is 11.5 Å². The highest BCUT2D eigenvalue weighted by Crippen LogP contribution is 2.37. The van der Waals surface area contributed by atoms with Crippen molar-refractivity contribution in [1.82, 2.24) is 25.0 Å². The number of aromatic nitrogens is 4. The molecule has 1 aliphatic rings. The summed E-state index contributed by atoms with van der Waals surface area (Å²) < 4.78 is 17.2. The SMILES string of the molecule is COc1cc2ncn(CCCC(=O)NC3(c4noc(C)n4)CCCC3)c(=O)c2cc1OC. The zero-order chi connectivity index (χ0) is 22.7. The van der Waals surface area contributed by atoms with Gasteiger partial charge in [0, 0.05) is 26.0 Å². The molecule has 0 atom stereocenters. The Labute approximate surface area is 184 Å². The molecular weight excluding hydrogens is 414 g/mol. The van der Waals surface area contributed by atoms with Gasteiger partial charge >= 0.3 is 0 Å². The van der Waals surface area contributed by atoms with Crippen LogP contribution < -0.4 is 20.3 Å². The average Bonchev–Trinajstić information content (AvgIpc) is 3.44. The first-order chi connectivity index (χ1) is 15.5. The molecule has 0 spiro atoms. The van der Waals surface area contributed by atoms with Crippen molar-refractivity contribution in [2.75, 3.05) is 14.2 Å². The minimum atomic E-state index is -0.564. The summed E-state index contributed by atoms with van der Waals surface area (Å²) in [6, 6.07) is 3.30. The quantitative estimate of drug-likeness (QED) is 0.566. The van der Waals surface area contributed by atoms with E-state index in [-0.39, 0.29) is 17.9 Å². The largest absolute Gasteiger partial charge is 0.493 e. The molecule has 0 bridgehead atoms. The molecule has 32 heavy (non-hydrogen) atoms. The van der Waals surface area contributed by atoms with Crippen LogP contribution >= 0.6 is 0 Å². The van der Waals surface area contributed by atoms with Crippen LogP contribution in [0.25, 0.3) is 10.9 Å². The monoisotopic (exact) mass is 441 g/mol. The average molecular weight is 441 g/mol. The van der Waals surface area contributed by atoms with Gasteiger partial charge in [0.2, 0.25) is 11.8 Å². The highest BCUT2D eigenvalue weighted by Gasteiger charge is 2.41. The van der Waals surface area contributed by atoms with E-state index >= 15 is 0 Å². The Kier molecular flexibility index (Phi) is 6.11. The molecule has 1 saturated carbocycles. The van der Waals surface area contributed by atoms with Gasteiger partial charge in [0.05, 0.1) is 31.4 Å². The van der Waals surface area contributed by atoms with E-state index in [9.17, 15) is 9.59 Å². The van der Waals surface area contributed by atoms with Crippen LogP contribution in [-0.2, 0) is 16.9 Å². The molecule has 0 saturated heterocycles. The molecule has 0 radical (unpaired) electrons. The lowest BCUT2D eigenvalue weighted by Crippen LogP contribution is -2.44. The molecule has 3 aromatic rings. The van der Waals surface area contributed by atoms with Crippen LogP contribution in [0.4, 0.5) is 0 Å². The number of nitrogens with one attached hydrogen (secondary N) is 1. The molecule has 1 amide bonds. The number of fused-ring (bicyclic) bond motifs is 1. The highest BCUT2D eigenvalue weighted by molar-refractivity contribution is 5.81. The van der Waals surface area contributed by atoms with Crippen LogP contribution in [0, 0.1) is 6.92 Å². The third kappa shape index (κ3) is 4.17. The number of methoxy groups -OCH3 is 2. The fraction of sp³-hybridized carbons (Fsp3) is 0.500. The lowest BCUT2D eigenvalue weighted by molar-refractivity contribution is -0.123. The normalized spacial score (nSPS) is 15.1.